The Labute approximate surface area is 167 Å². The van der Waals surface area contributed by atoms with E-state index in [2.05, 4.69) is 10.2 Å². The van der Waals surface area contributed by atoms with Gasteiger partial charge in [-0.2, -0.15) is 0 Å². The smallest absolute Gasteiger partial charge is 0.260 e. The van der Waals surface area contributed by atoms with Crippen LogP contribution in [0.25, 0.3) is 0 Å². The van der Waals surface area contributed by atoms with E-state index >= 15 is 0 Å². The molecule has 2 unspecified atom stereocenters. The topological polar surface area (TPSA) is 50.8 Å². The van der Waals surface area contributed by atoms with Crippen molar-refractivity contribution in [3.63, 3.8) is 0 Å². The van der Waals surface area contributed by atoms with Crippen molar-refractivity contribution >= 4 is 5.91 Å². The minimum absolute atomic E-state index is 0.0569. The molecule has 8 heteroatoms. The van der Waals surface area contributed by atoms with Gasteiger partial charge in [-0.15, -0.1) is 0 Å². The summed E-state index contributed by atoms with van der Waals surface area (Å²) in [5.41, 5.74) is 0.751. The van der Waals surface area contributed by atoms with E-state index in [0.717, 1.165) is 17.7 Å². The third-order valence-electron chi connectivity index (χ3n) is 4.76. The molecule has 1 aliphatic rings. The van der Waals surface area contributed by atoms with Gasteiger partial charge in [-0.25, -0.2) is 13.2 Å². The number of morpholine rings is 1. The van der Waals surface area contributed by atoms with Gasteiger partial charge in [0.15, 0.2) is 17.7 Å². The first-order chi connectivity index (χ1) is 13.9. The summed E-state index contributed by atoms with van der Waals surface area (Å²) in [5.74, 6) is -2.74. The molecule has 0 aliphatic carbocycles. The van der Waals surface area contributed by atoms with Gasteiger partial charge in [0.2, 0.25) is 0 Å². The molecule has 1 fully saturated rings. The number of ether oxygens (including phenoxy) is 2. The van der Waals surface area contributed by atoms with E-state index in [0.29, 0.717) is 26.3 Å². The number of rotatable bonds is 7. The fraction of sp³-hybridized carbons (Fsp3) is 0.381. The Hall–Kier alpha value is -2.58. The van der Waals surface area contributed by atoms with Gasteiger partial charge < -0.3 is 14.8 Å². The summed E-state index contributed by atoms with van der Waals surface area (Å²) in [6.45, 7) is 4.22. The number of amides is 1. The van der Waals surface area contributed by atoms with Gasteiger partial charge in [-0.1, -0.05) is 12.1 Å². The zero-order valence-electron chi connectivity index (χ0n) is 16.0. The van der Waals surface area contributed by atoms with Gasteiger partial charge in [-0.05, 0) is 36.8 Å². The molecule has 1 N–H and O–H groups in total. The van der Waals surface area contributed by atoms with Crippen molar-refractivity contribution in [3.05, 3.63) is 65.5 Å². The average molecular weight is 408 g/mol. The first kappa shape index (κ1) is 21.1. The van der Waals surface area contributed by atoms with E-state index in [-0.39, 0.29) is 24.2 Å². The summed E-state index contributed by atoms with van der Waals surface area (Å²) < 4.78 is 50.8. The lowest BCUT2D eigenvalue weighted by Gasteiger charge is -2.35. The van der Waals surface area contributed by atoms with Crippen LogP contribution in [-0.4, -0.2) is 49.8 Å². The largest absolute Gasteiger partial charge is 0.481 e. The van der Waals surface area contributed by atoms with Crippen LogP contribution in [0.3, 0.4) is 0 Å². The number of hydrogen-bond acceptors (Lipinski definition) is 4. The third kappa shape index (κ3) is 5.71. The number of halogens is 3. The zero-order chi connectivity index (χ0) is 20.8. The van der Waals surface area contributed by atoms with Crippen molar-refractivity contribution in [3.8, 4) is 5.75 Å². The molecule has 1 heterocycles. The minimum atomic E-state index is -1.05. The number of carbonyl (C=O) groups excluding carboxylic acids is 1. The molecule has 156 valence electrons. The highest BCUT2D eigenvalue weighted by atomic mass is 19.2. The lowest BCUT2D eigenvalue weighted by molar-refractivity contribution is -0.127. The molecule has 2 aromatic carbocycles. The molecule has 0 aromatic heterocycles. The van der Waals surface area contributed by atoms with Crippen LogP contribution in [0, 0.1) is 17.5 Å². The molecule has 1 aliphatic heterocycles. The van der Waals surface area contributed by atoms with Gasteiger partial charge >= 0.3 is 0 Å². The number of carbonyl (C=O) groups is 1. The Morgan fingerprint density at radius 1 is 1.14 bits per heavy atom. The third-order valence-corrected chi connectivity index (χ3v) is 4.76. The zero-order valence-corrected chi connectivity index (χ0v) is 16.0. The fourth-order valence-electron chi connectivity index (χ4n) is 3.21. The second-order valence-electron chi connectivity index (χ2n) is 6.80. The standard InChI is InChI=1S/C21H23F3N2O3/c1-14(29-17-5-6-18(23)19(24)12-17)21(27)25-13-20(26-7-9-28-10-8-26)15-3-2-4-16(22)11-15/h2-6,11-12,14,20H,7-10,13H2,1H3,(H,25,27). The second-order valence-corrected chi connectivity index (χ2v) is 6.80. The Kier molecular flexibility index (Phi) is 7.11. The summed E-state index contributed by atoms with van der Waals surface area (Å²) in [7, 11) is 0. The quantitative estimate of drug-likeness (QED) is 0.765. The van der Waals surface area contributed by atoms with Gasteiger partial charge in [0.25, 0.3) is 5.91 Å². The maximum atomic E-state index is 13.7. The van der Waals surface area contributed by atoms with Crippen molar-refractivity contribution in [2.24, 2.45) is 0 Å². The number of nitrogens with zero attached hydrogens (tertiary/aromatic N) is 1. The lowest BCUT2D eigenvalue weighted by atomic mass is 10.0. The van der Waals surface area contributed by atoms with Crippen LogP contribution in [0.2, 0.25) is 0 Å². The van der Waals surface area contributed by atoms with Crippen LogP contribution >= 0.6 is 0 Å². The fourth-order valence-corrected chi connectivity index (χ4v) is 3.21. The maximum Gasteiger partial charge on any atom is 0.260 e. The predicted molar refractivity (Wildman–Crippen MR) is 101 cm³/mol. The molecular formula is C21H23F3N2O3. The molecule has 29 heavy (non-hydrogen) atoms. The molecule has 2 aromatic rings. The van der Waals surface area contributed by atoms with Crippen molar-refractivity contribution in [2.75, 3.05) is 32.8 Å². The van der Waals surface area contributed by atoms with E-state index in [9.17, 15) is 18.0 Å². The van der Waals surface area contributed by atoms with Crippen LogP contribution in [0.4, 0.5) is 13.2 Å². The van der Waals surface area contributed by atoms with E-state index in [1.54, 1.807) is 6.07 Å². The van der Waals surface area contributed by atoms with E-state index in [1.807, 2.05) is 6.07 Å². The van der Waals surface area contributed by atoms with E-state index in [1.165, 1.54) is 25.1 Å². The Balaban J connectivity index is 1.64. The molecular weight excluding hydrogens is 385 g/mol. The first-order valence-electron chi connectivity index (χ1n) is 9.40. The summed E-state index contributed by atoms with van der Waals surface area (Å²) in [6, 6.07) is 9.13. The summed E-state index contributed by atoms with van der Waals surface area (Å²) in [6.07, 6.45) is -0.919. The highest BCUT2D eigenvalue weighted by Gasteiger charge is 2.25. The predicted octanol–water partition coefficient (Wildman–Crippen LogP) is 3.06. The van der Waals surface area contributed by atoms with Crippen molar-refractivity contribution in [2.45, 2.75) is 19.1 Å². The summed E-state index contributed by atoms with van der Waals surface area (Å²) in [4.78, 5) is 14.6. The molecule has 5 nitrogen and oxygen atoms in total. The Morgan fingerprint density at radius 2 is 1.90 bits per heavy atom. The second kappa shape index (κ2) is 9.76. The van der Waals surface area contributed by atoms with Gasteiger partial charge in [-0.3, -0.25) is 9.69 Å². The van der Waals surface area contributed by atoms with Crippen molar-refractivity contribution < 1.29 is 27.4 Å². The molecule has 1 amide bonds. The monoisotopic (exact) mass is 408 g/mol. The molecule has 3 rings (SSSR count). The molecule has 1 saturated heterocycles. The minimum Gasteiger partial charge on any atom is -0.481 e. The van der Waals surface area contributed by atoms with Crippen LogP contribution in [0.1, 0.15) is 18.5 Å². The lowest BCUT2D eigenvalue weighted by Crippen LogP contribution is -2.46. The first-order valence-corrected chi connectivity index (χ1v) is 9.40. The van der Waals surface area contributed by atoms with E-state index < -0.39 is 23.6 Å². The van der Waals surface area contributed by atoms with Crippen molar-refractivity contribution in [1.29, 1.82) is 0 Å². The van der Waals surface area contributed by atoms with Crippen molar-refractivity contribution in [1.82, 2.24) is 10.2 Å². The normalized spacial score (nSPS) is 16.8. The van der Waals surface area contributed by atoms with Gasteiger partial charge in [0.1, 0.15) is 11.6 Å². The van der Waals surface area contributed by atoms with Gasteiger partial charge in [0, 0.05) is 25.7 Å². The summed E-state index contributed by atoms with van der Waals surface area (Å²) >= 11 is 0. The van der Waals surface area contributed by atoms with E-state index in [4.69, 9.17) is 9.47 Å². The van der Waals surface area contributed by atoms with Crippen LogP contribution in [-0.2, 0) is 9.53 Å². The Bertz CT molecular complexity index is 844. The average Bonchev–Trinajstić information content (AvgIpc) is 2.71. The van der Waals surface area contributed by atoms with Crippen LogP contribution < -0.4 is 10.1 Å². The van der Waals surface area contributed by atoms with Gasteiger partial charge in [0.05, 0.1) is 19.3 Å². The SMILES string of the molecule is CC(Oc1ccc(F)c(F)c1)C(=O)NCC(c1cccc(F)c1)N1CCOCC1. The number of benzene rings is 2. The molecule has 0 saturated carbocycles. The maximum absolute atomic E-state index is 13.7. The van der Waals surface area contributed by atoms with Crippen LogP contribution in [0.5, 0.6) is 5.75 Å². The molecule has 0 radical (unpaired) electrons. The summed E-state index contributed by atoms with van der Waals surface area (Å²) in [5, 5.41) is 2.81. The Morgan fingerprint density at radius 3 is 2.59 bits per heavy atom. The highest BCUT2D eigenvalue weighted by molar-refractivity contribution is 5.80. The highest BCUT2D eigenvalue weighted by Crippen LogP contribution is 2.22. The van der Waals surface area contributed by atoms with Crippen LogP contribution in [0.15, 0.2) is 42.5 Å². The molecule has 0 spiro atoms. The molecule has 2 atom stereocenters. The number of nitrogens with one attached hydrogen (secondary N) is 1. The molecule has 0 bridgehead atoms. The number of hydrogen-bond donors (Lipinski definition) is 1.